The topological polar surface area (TPSA) is 121 Å². The molecule has 0 spiro atoms. The molecule has 7 nitrogen and oxygen atoms in total. The summed E-state index contributed by atoms with van der Waals surface area (Å²) in [6, 6.07) is 17.1. The maximum Gasteiger partial charge on any atom is 0.267 e. The minimum absolute atomic E-state index is 0. The zero-order valence-electron chi connectivity index (χ0n) is 18.3. The molecule has 1 aliphatic rings. The lowest BCUT2D eigenvalue weighted by Crippen LogP contribution is -2.41. The molecular formula is C23H27Cl3N4O3S. The minimum Gasteiger partial charge on any atom is -0.330 e. The molecule has 0 radical (unpaired) electrons. The Kier molecular flexibility index (Phi) is 9.32. The van der Waals surface area contributed by atoms with Crippen molar-refractivity contribution in [3.8, 4) is 11.3 Å². The molecule has 0 atom stereocenters. The first-order valence-corrected chi connectivity index (χ1v) is 12.3. The van der Waals surface area contributed by atoms with Crippen molar-refractivity contribution in [2.45, 2.75) is 42.0 Å². The van der Waals surface area contributed by atoms with Gasteiger partial charge in [0.15, 0.2) is 0 Å². The number of halogens is 3. The average Bonchev–Trinajstić information content (AvgIpc) is 2.79. The molecule has 0 bridgehead atoms. The third-order valence-electron chi connectivity index (χ3n) is 6.39. The minimum atomic E-state index is -3.77. The second-order valence-electron chi connectivity index (χ2n) is 8.30. The fourth-order valence-corrected chi connectivity index (χ4v) is 5.19. The SMILES string of the molecule is Cl.Cl.NC[C@]1(c2cccc(Cl)c2)CC[C@@H](n2nc(-c3ccc(S(N)(=O)=O)cc3)ccc2=O)CC1. The van der Waals surface area contributed by atoms with E-state index in [4.69, 9.17) is 22.5 Å². The average molecular weight is 546 g/mol. The molecule has 0 amide bonds. The Morgan fingerprint density at radius 2 is 1.68 bits per heavy atom. The van der Waals surface area contributed by atoms with E-state index in [1.807, 2.05) is 18.2 Å². The van der Waals surface area contributed by atoms with Crippen LogP contribution in [0.2, 0.25) is 5.02 Å². The van der Waals surface area contributed by atoms with Crippen molar-refractivity contribution in [1.82, 2.24) is 9.78 Å². The lowest BCUT2D eigenvalue weighted by molar-refractivity contribution is 0.222. The normalized spacial score (nSPS) is 20.1. The third-order valence-corrected chi connectivity index (χ3v) is 7.55. The van der Waals surface area contributed by atoms with Gasteiger partial charge in [0.2, 0.25) is 10.0 Å². The van der Waals surface area contributed by atoms with Gasteiger partial charge < -0.3 is 5.73 Å². The van der Waals surface area contributed by atoms with Crippen LogP contribution in [-0.2, 0) is 15.4 Å². The largest absolute Gasteiger partial charge is 0.330 e. The maximum atomic E-state index is 12.6. The van der Waals surface area contributed by atoms with Gasteiger partial charge in [0, 0.05) is 28.6 Å². The summed E-state index contributed by atoms with van der Waals surface area (Å²) in [5.41, 5.74) is 8.31. The summed E-state index contributed by atoms with van der Waals surface area (Å²) in [5.74, 6) is 0. The smallest absolute Gasteiger partial charge is 0.267 e. The molecule has 1 aromatic heterocycles. The van der Waals surface area contributed by atoms with Gasteiger partial charge in [0.25, 0.3) is 5.56 Å². The van der Waals surface area contributed by atoms with Gasteiger partial charge in [-0.3, -0.25) is 4.79 Å². The van der Waals surface area contributed by atoms with Crippen molar-refractivity contribution in [1.29, 1.82) is 0 Å². The van der Waals surface area contributed by atoms with E-state index in [2.05, 4.69) is 11.2 Å². The third kappa shape index (κ3) is 5.82. The van der Waals surface area contributed by atoms with Crippen molar-refractivity contribution in [2.75, 3.05) is 6.54 Å². The highest BCUT2D eigenvalue weighted by Crippen LogP contribution is 2.42. The quantitative estimate of drug-likeness (QED) is 0.501. The van der Waals surface area contributed by atoms with Crippen LogP contribution in [0.4, 0.5) is 0 Å². The summed E-state index contributed by atoms with van der Waals surface area (Å²) < 4.78 is 24.5. The first-order valence-electron chi connectivity index (χ1n) is 10.4. The molecule has 1 aliphatic carbocycles. The van der Waals surface area contributed by atoms with Crippen LogP contribution < -0.4 is 16.4 Å². The van der Waals surface area contributed by atoms with Crippen LogP contribution in [-0.4, -0.2) is 24.7 Å². The van der Waals surface area contributed by atoms with Crippen LogP contribution in [0.1, 0.15) is 37.3 Å². The predicted octanol–water partition coefficient (Wildman–Crippen LogP) is 4.07. The molecule has 0 saturated heterocycles. The number of benzene rings is 2. The predicted molar refractivity (Wildman–Crippen MR) is 139 cm³/mol. The van der Waals surface area contributed by atoms with E-state index in [9.17, 15) is 13.2 Å². The Morgan fingerprint density at radius 3 is 2.24 bits per heavy atom. The van der Waals surface area contributed by atoms with E-state index in [1.54, 1.807) is 22.9 Å². The molecule has 1 heterocycles. The van der Waals surface area contributed by atoms with Crippen molar-refractivity contribution in [3.05, 3.63) is 81.6 Å². The molecule has 0 unspecified atom stereocenters. The number of sulfonamides is 1. The van der Waals surface area contributed by atoms with Crippen LogP contribution in [0.3, 0.4) is 0 Å². The van der Waals surface area contributed by atoms with Gasteiger partial charge >= 0.3 is 0 Å². The highest BCUT2D eigenvalue weighted by molar-refractivity contribution is 7.89. The molecule has 2 aromatic carbocycles. The number of nitrogens with two attached hydrogens (primary N) is 2. The highest BCUT2D eigenvalue weighted by Gasteiger charge is 2.37. The van der Waals surface area contributed by atoms with Crippen molar-refractivity contribution < 1.29 is 8.42 Å². The Balaban J connectivity index is 0.00000204. The van der Waals surface area contributed by atoms with E-state index in [-0.39, 0.29) is 46.7 Å². The number of hydrogen-bond donors (Lipinski definition) is 2. The Morgan fingerprint density at radius 1 is 1.03 bits per heavy atom. The molecule has 1 saturated carbocycles. The van der Waals surface area contributed by atoms with E-state index >= 15 is 0 Å². The van der Waals surface area contributed by atoms with Crippen LogP contribution >= 0.6 is 36.4 Å². The molecule has 0 aliphatic heterocycles. The van der Waals surface area contributed by atoms with Gasteiger partial charge in [-0.05, 0) is 61.6 Å². The van der Waals surface area contributed by atoms with Gasteiger partial charge in [-0.15, -0.1) is 24.8 Å². The van der Waals surface area contributed by atoms with Crippen molar-refractivity contribution in [3.63, 3.8) is 0 Å². The van der Waals surface area contributed by atoms with Crippen molar-refractivity contribution >= 4 is 46.4 Å². The van der Waals surface area contributed by atoms with Gasteiger partial charge in [-0.2, -0.15) is 5.10 Å². The number of aromatic nitrogens is 2. The molecule has 3 aromatic rings. The number of nitrogens with zero attached hydrogens (tertiary/aromatic N) is 2. The second-order valence-corrected chi connectivity index (χ2v) is 10.3. The number of rotatable bonds is 5. The Bertz CT molecular complexity index is 1290. The zero-order valence-corrected chi connectivity index (χ0v) is 21.5. The van der Waals surface area contributed by atoms with E-state index in [0.29, 0.717) is 22.8 Å². The summed E-state index contributed by atoms with van der Waals surface area (Å²) in [6.45, 7) is 0.513. The monoisotopic (exact) mass is 544 g/mol. The highest BCUT2D eigenvalue weighted by atomic mass is 35.5. The maximum absolute atomic E-state index is 12.6. The molecule has 1 fully saturated rings. The van der Waals surface area contributed by atoms with Gasteiger partial charge in [0.05, 0.1) is 16.6 Å². The van der Waals surface area contributed by atoms with E-state index in [0.717, 1.165) is 31.2 Å². The Labute approximate surface area is 216 Å². The molecule has 4 rings (SSSR count). The lowest BCUT2D eigenvalue weighted by Gasteiger charge is -2.40. The fraction of sp³-hybridized carbons (Fsp3) is 0.304. The van der Waals surface area contributed by atoms with Crippen LogP contribution in [0.15, 0.2) is 70.4 Å². The molecular weight excluding hydrogens is 519 g/mol. The van der Waals surface area contributed by atoms with Gasteiger partial charge in [-0.25, -0.2) is 18.2 Å². The Hall–Kier alpha value is -1.94. The summed E-state index contributed by atoms with van der Waals surface area (Å²) in [6.07, 6.45) is 3.20. The summed E-state index contributed by atoms with van der Waals surface area (Å²) in [4.78, 5) is 12.6. The molecule has 11 heteroatoms. The number of hydrogen-bond acceptors (Lipinski definition) is 5. The second kappa shape index (κ2) is 11.2. The zero-order chi connectivity index (χ0) is 22.9. The summed E-state index contributed by atoms with van der Waals surface area (Å²) in [5, 5.41) is 10.4. The first-order chi connectivity index (χ1) is 15.2. The summed E-state index contributed by atoms with van der Waals surface area (Å²) in [7, 11) is -3.77. The molecule has 4 N–H and O–H groups in total. The molecule has 184 valence electrons. The van der Waals surface area contributed by atoms with E-state index in [1.165, 1.54) is 18.2 Å². The van der Waals surface area contributed by atoms with Crippen molar-refractivity contribution in [2.24, 2.45) is 10.9 Å². The lowest BCUT2D eigenvalue weighted by atomic mass is 9.68. The van der Waals surface area contributed by atoms with Gasteiger partial charge in [0.1, 0.15) is 0 Å². The van der Waals surface area contributed by atoms with Crippen LogP contribution in [0, 0.1) is 0 Å². The fourth-order valence-electron chi connectivity index (χ4n) is 4.48. The van der Waals surface area contributed by atoms with E-state index < -0.39 is 10.0 Å². The first kappa shape index (κ1) is 28.3. The van der Waals surface area contributed by atoms with Gasteiger partial charge in [-0.1, -0.05) is 35.9 Å². The standard InChI is InChI=1S/C23H25ClN4O3S.2ClH/c24-18-3-1-2-17(14-18)23(15-25)12-10-19(11-13-23)28-22(29)9-8-21(27-28)16-4-6-20(7-5-16)32(26,30)31;;/h1-9,14,19H,10-13,15,25H2,(H2,26,30,31);2*1H/t19-,23+;;. The molecule has 34 heavy (non-hydrogen) atoms. The summed E-state index contributed by atoms with van der Waals surface area (Å²) >= 11 is 6.20. The van der Waals surface area contributed by atoms with Crippen LogP contribution in [0.25, 0.3) is 11.3 Å². The number of primary sulfonamides is 1. The van der Waals surface area contributed by atoms with Crippen LogP contribution in [0.5, 0.6) is 0 Å².